The van der Waals surface area contributed by atoms with Crippen LogP contribution in [0, 0.1) is 0 Å². The van der Waals surface area contributed by atoms with Gasteiger partial charge < -0.3 is 0 Å². The molecular formula is C4F3LiO6S3. The Morgan fingerprint density at radius 3 is 1.24 bits per heavy atom. The molecule has 6 nitrogen and oxygen atoms in total. The van der Waals surface area contributed by atoms with Crippen LogP contribution in [-0.2, 0) is 12.5 Å². The molecule has 0 radical (unpaired) electrons. The molecule has 0 aliphatic rings. The Hall–Kier alpha value is -0.153. The summed E-state index contributed by atoms with van der Waals surface area (Å²) in [5.74, 6) is 0. The van der Waals surface area contributed by atoms with Crippen LogP contribution in [0.1, 0.15) is 0 Å². The molecule has 17 heavy (non-hydrogen) atoms. The number of hydrogen-bond acceptors (Lipinski definition) is 9. The molecular weight excluding hydrogens is 304 g/mol. The van der Waals surface area contributed by atoms with Crippen LogP contribution in [0.25, 0.3) is 0 Å². The molecule has 0 aliphatic carbocycles. The van der Waals surface area contributed by atoms with Crippen molar-refractivity contribution in [2.45, 2.75) is 2.08 Å². The van der Waals surface area contributed by atoms with Crippen molar-refractivity contribution in [3.8, 4) is 0 Å². The standard InChI is InChI=1S/C4F3O6S3.Li/c5-1(8)11-14-4(15-12-2(6)9)16-13-3(7)10;. The number of halogens is 3. The van der Waals surface area contributed by atoms with E-state index in [1.807, 2.05) is 0 Å². The fraction of sp³-hybridized carbons (Fsp3) is 0.250. The minimum absolute atomic E-state index is 0.0295. The molecule has 0 aliphatic heterocycles. The van der Waals surface area contributed by atoms with Crippen LogP contribution >= 0.6 is 36.1 Å². The van der Waals surface area contributed by atoms with Gasteiger partial charge in [0.25, 0.3) is 0 Å². The maximum absolute atomic E-state index is 11.8. The molecule has 0 saturated heterocycles. The average molecular weight is 304 g/mol. The van der Waals surface area contributed by atoms with Crippen LogP contribution in [0.15, 0.2) is 0 Å². The molecule has 0 heterocycles. The summed E-state index contributed by atoms with van der Waals surface area (Å²) < 4.78 is 45.0. The van der Waals surface area contributed by atoms with Crippen molar-refractivity contribution in [3.63, 3.8) is 0 Å². The van der Waals surface area contributed by atoms with Gasteiger partial charge in [-0.2, -0.15) is 0 Å². The van der Waals surface area contributed by atoms with Crippen molar-refractivity contribution in [1.29, 1.82) is 0 Å². The molecule has 0 unspecified atom stereocenters. The van der Waals surface area contributed by atoms with Crippen LogP contribution in [0.5, 0.6) is 0 Å². The van der Waals surface area contributed by atoms with Gasteiger partial charge in [0, 0.05) is 0 Å². The van der Waals surface area contributed by atoms with E-state index in [1.54, 1.807) is 0 Å². The molecule has 0 spiro atoms. The zero-order valence-corrected chi connectivity index (χ0v) is 10.3. The summed E-state index contributed by atoms with van der Waals surface area (Å²) in [4.78, 5) is 29.6. The predicted octanol–water partition coefficient (Wildman–Crippen LogP) is 3.03. The van der Waals surface area contributed by atoms with Crippen LogP contribution in [0.2, 0.25) is 0 Å². The Morgan fingerprint density at radius 1 is 0.824 bits per heavy atom. The van der Waals surface area contributed by atoms with E-state index in [4.69, 9.17) is 0 Å². The van der Waals surface area contributed by atoms with Gasteiger partial charge in [0.2, 0.25) is 0 Å². The Labute approximate surface area is 114 Å². The first-order valence-electron chi connectivity index (χ1n) is 3.40. The van der Waals surface area contributed by atoms with Crippen LogP contribution in [-0.4, -0.2) is 38.5 Å². The third-order valence-corrected chi connectivity index (χ3v) is 3.55. The second kappa shape index (κ2) is 8.04. The second-order valence-corrected chi connectivity index (χ2v) is 6.30. The summed E-state index contributed by atoms with van der Waals surface area (Å²) in [7, 11) is 0. The van der Waals surface area contributed by atoms with Crippen LogP contribution in [0.4, 0.5) is 27.6 Å². The molecule has 0 saturated carbocycles. The fourth-order valence-electron chi connectivity index (χ4n) is 0.367. The predicted molar refractivity (Wildman–Crippen MR) is 54.0 cm³/mol. The van der Waals surface area contributed by atoms with Crippen LogP contribution in [0.3, 0.4) is 0 Å². The molecule has 0 aromatic heterocycles. The molecule has 92 valence electrons. The Kier molecular flexibility index (Phi) is 7.97. The average Bonchev–Trinajstić information content (AvgIpc) is 2.21. The molecule has 0 aromatic carbocycles. The first kappa shape index (κ1) is 16.8. The first-order valence-corrected chi connectivity index (χ1v) is 5.63. The van der Waals surface area contributed by atoms with Crippen molar-refractivity contribution >= 4 is 72.5 Å². The van der Waals surface area contributed by atoms with Gasteiger partial charge in [-0.15, -0.1) is 0 Å². The Bertz CT molecular complexity index is 271. The van der Waals surface area contributed by atoms with E-state index in [1.165, 1.54) is 0 Å². The van der Waals surface area contributed by atoms with Gasteiger partial charge in [-0.3, -0.25) is 0 Å². The molecule has 0 bridgehead atoms. The third-order valence-electron chi connectivity index (χ3n) is 0.776. The number of rotatable bonds is 6. The topological polar surface area (TPSA) is 78.9 Å². The maximum atomic E-state index is 11.8. The molecule has 0 amide bonds. The Balaban J connectivity index is 4.37. The summed E-state index contributed by atoms with van der Waals surface area (Å²) >= 11 is 1.17. The van der Waals surface area contributed by atoms with Crippen LogP contribution < -0.4 is 0 Å². The van der Waals surface area contributed by atoms with Crippen molar-refractivity contribution in [2.75, 3.05) is 0 Å². The summed E-state index contributed by atoms with van der Waals surface area (Å²) in [6.45, 7) is 0. The normalized spacial score (nSPS) is 10.6. The van der Waals surface area contributed by atoms with Gasteiger partial charge in [0.15, 0.2) is 0 Å². The van der Waals surface area contributed by atoms with Crippen molar-refractivity contribution in [1.82, 2.24) is 0 Å². The van der Waals surface area contributed by atoms with Gasteiger partial charge in [0.05, 0.1) is 0 Å². The van der Waals surface area contributed by atoms with E-state index >= 15 is 0 Å². The van der Waals surface area contributed by atoms with Crippen molar-refractivity contribution in [2.24, 2.45) is 0 Å². The van der Waals surface area contributed by atoms with E-state index in [2.05, 4.69) is 12.5 Å². The van der Waals surface area contributed by atoms with Crippen molar-refractivity contribution in [3.05, 3.63) is 0 Å². The quantitative estimate of drug-likeness (QED) is 0.318. The second-order valence-electron chi connectivity index (χ2n) is 2.08. The monoisotopic (exact) mass is 304 g/mol. The Morgan fingerprint density at radius 2 is 1.06 bits per heavy atom. The number of carbonyl (C=O) groups is 3. The van der Waals surface area contributed by atoms with Gasteiger partial charge in [-0.05, 0) is 0 Å². The number of carbonyl (C=O) groups excluding carboxylic acids is 3. The fourth-order valence-corrected chi connectivity index (χ4v) is 1.96. The number of hydrogen-bond donors (Lipinski definition) is 0. The van der Waals surface area contributed by atoms with Crippen molar-refractivity contribution < 1.29 is 40.1 Å². The van der Waals surface area contributed by atoms with E-state index in [0.29, 0.717) is 0 Å². The summed E-state index contributed by atoms with van der Waals surface area (Å²) in [6.07, 6.45) is -6.58. The molecule has 13 heteroatoms. The van der Waals surface area contributed by atoms with Gasteiger partial charge >= 0.3 is 115 Å². The van der Waals surface area contributed by atoms with Gasteiger partial charge in [-0.25, -0.2) is 0 Å². The SMILES string of the molecule is [Li][C](SOC(=O)F)(SOC(=O)F)SOC(=O)F. The first-order chi connectivity index (χ1) is 7.75. The van der Waals surface area contributed by atoms with E-state index < -0.39 is 20.8 Å². The summed E-state index contributed by atoms with van der Waals surface area (Å²) in [5, 5.41) is 0. The zero-order valence-electron chi connectivity index (χ0n) is 7.81. The molecule has 0 fully saturated rings. The van der Waals surface area contributed by atoms with E-state index in [9.17, 15) is 27.6 Å². The van der Waals surface area contributed by atoms with Gasteiger partial charge in [-0.1, -0.05) is 0 Å². The molecule has 0 atom stereocenters. The van der Waals surface area contributed by atoms with E-state index in [0.717, 1.165) is 17.7 Å². The molecule has 0 aromatic rings. The summed E-state index contributed by atoms with van der Waals surface area (Å²) in [5.41, 5.74) is 0. The van der Waals surface area contributed by atoms with Gasteiger partial charge in [0.1, 0.15) is 0 Å². The zero-order chi connectivity index (χ0) is 13.5. The van der Waals surface area contributed by atoms with E-state index in [-0.39, 0.29) is 36.1 Å². The third kappa shape index (κ3) is 9.54. The molecule has 0 N–H and O–H groups in total. The summed E-state index contributed by atoms with van der Waals surface area (Å²) in [6, 6.07) is 0. The minimum atomic E-state index is -2.19. The molecule has 0 rings (SSSR count).